The van der Waals surface area contributed by atoms with Crippen LogP contribution in [-0.2, 0) is 4.74 Å². The molecule has 1 aliphatic heterocycles. The van der Waals surface area contributed by atoms with Crippen LogP contribution in [0.4, 0.5) is 13.9 Å². The zero-order valence-electron chi connectivity index (χ0n) is 19.5. The van der Waals surface area contributed by atoms with Crippen molar-refractivity contribution in [2.24, 2.45) is 0 Å². The molecule has 1 amide bonds. The van der Waals surface area contributed by atoms with Crippen LogP contribution in [0.3, 0.4) is 0 Å². The van der Waals surface area contributed by atoms with Crippen LogP contribution < -0.4 is 19.1 Å². The Bertz CT molecular complexity index is 1160. The highest BCUT2D eigenvalue weighted by atomic mass is 35.5. The van der Waals surface area contributed by atoms with E-state index in [1.807, 2.05) is 0 Å². The Morgan fingerprint density at radius 1 is 1.09 bits per heavy atom. The summed E-state index contributed by atoms with van der Waals surface area (Å²) >= 11 is 1.05. The van der Waals surface area contributed by atoms with Gasteiger partial charge in [0.2, 0.25) is 5.75 Å². The molecule has 2 heterocycles. The number of morpholine rings is 1. The van der Waals surface area contributed by atoms with Gasteiger partial charge in [-0.2, -0.15) is 0 Å². The fraction of sp³-hybridized carbons (Fsp3) is 0.391. The number of hydrogen-bond acceptors (Lipinski definition) is 8. The van der Waals surface area contributed by atoms with Gasteiger partial charge >= 0.3 is 0 Å². The molecule has 12 heteroatoms. The van der Waals surface area contributed by atoms with Gasteiger partial charge in [0.1, 0.15) is 11.3 Å². The number of halogens is 3. The summed E-state index contributed by atoms with van der Waals surface area (Å²) in [5, 5.41) is 0.270. The summed E-state index contributed by atoms with van der Waals surface area (Å²) in [4.78, 5) is 21.7. The molecule has 0 aliphatic carbocycles. The first-order valence-corrected chi connectivity index (χ1v) is 11.4. The first-order chi connectivity index (χ1) is 16.4. The zero-order chi connectivity index (χ0) is 24.2. The first-order valence-electron chi connectivity index (χ1n) is 10.6. The predicted molar refractivity (Wildman–Crippen MR) is 132 cm³/mol. The molecule has 0 atom stereocenters. The van der Waals surface area contributed by atoms with Crippen LogP contribution in [-0.4, -0.2) is 76.5 Å². The van der Waals surface area contributed by atoms with E-state index in [1.54, 1.807) is 12.1 Å². The Hall–Kier alpha value is -2.73. The second-order valence-corrected chi connectivity index (χ2v) is 8.56. The summed E-state index contributed by atoms with van der Waals surface area (Å²) in [7, 11) is 4.41. The van der Waals surface area contributed by atoms with Crippen molar-refractivity contribution in [3.05, 3.63) is 41.5 Å². The molecule has 0 bridgehead atoms. The van der Waals surface area contributed by atoms with Crippen molar-refractivity contribution in [2.45, 2.75) is 0 Å². The lowest BCUT2D eigenvalue weighted by Gasteiger charge is -2.29. The number of fused-ring (bicyclic) bond motifs is 1. The van der Waals surface area contributed by atoms with E-state index in [9.17, 15) is 13.6 Å². The van der Waals surface area contributed by atoms with Crippen LogP contribution in [0.1, 0.15) is 10.4 Å². The summed E-state index contributed by atoms with van der Waals surface area (Å²) in [6.07, 6.45) is 0. The van der Waals surface area contributed by atoms with E-state index < -0.39 is 11.6 Å². The predicted octanol–water partition coefficient (Wildman–Crippen LogP) is 4.00. The molecular weight excluding hydrogens is 504 g/mol. The molecule has 1 fully saturated rings. The third kappa shape index (κ3) is 5.75. The van der Waals surface area contributed by atoms with Crippen LogP contribution in [0.5, 0.6) is 17.2 Å². The molecule has 0 N–H and O–H groups in total. The minimum absolute atomic E-state index is 0. The van der Waals surface area contributed by atoms with Crippen LogP contribution in [0.2, 0.25) is 0 Å². The lowest BCUT2D eigenvalue weighted by Crippen LogP contribution is -2.43. The molecule has 1 aromatic heterocycles. The number of carbonyl (C=O) groups is 1. The number of hydrogen-bond donors (Lipinski definition) is 0. The average molecular weight is 530 g/mol. The lowest BCUT2D eigenvalue weighted by molar-refractivity contribution is 0.0391. The van der Waals surface area contributed by atoms with Crippen molar-refractivity contribution in [3.8, 4) is 17.2 Å². The van der Waals surface area contributed by atoms with Gasteiger partial charge in [-0.3, -0.25) is 14.6 Å². The van der Waals surface area contributed by atoms with Crippen molar-refractivity contribution in [2.75, 3.05) is 65.6 Å². The molecule has 3 aromatic rings. The van der Waals surface area contributed by atoms with Gasteiger partial charge in [0.05, 0.1) is 39.2 Å². The highest BCUT2D eigenvalue weighted by Crippen LogP contribution is 2.39. The Labute approximate surface area is 211 Å². The highest BCUT2D eigenvalue weighted by Gasteiger charge is 2.26. The van der Waals surface area contributed by atoms with Crippen LogP contribution in [0.15, 0.2) is 24.3 Å². The zero-order valence-corrected chi connectivity index (χ0v) is 21.1. The van der Waals surface area contributed by atoms with Gasteiger partial charge in [-0.25, -0.2) is 13.8 Å². The van der Waals surface area contributed by atoms with E-state index in [0.717, 1.165) is 30.5 Å². The lowest BCUT2D eigenvalue weighted by atomic mass is 10.1. The van der Waals surface area contributed by atoms with Crippen LogP contribution in [0, 0.1) is 11.6 Å². The second-order valence-electron chi connectivity index (χ2n) is 7.56. The normalized spacial score (nSPS) is 13.9. The Kier molecular flexibility index (Phi) is 9.06. The molecule has 2 aromatic carbocycles. The summed E-state index contributed by atoms with van der Waals surface area (Å²) in [6, 6.07) is 5.10. The quantitative estimate of drug-likeness (QED) is 0.436. The molecule has 0 spiro atoms. The molecule has 0 saturated carbocycles. The van der Waals surface area contributed by atoms with E-state index in [2.05, 4.69) is 9.88 Å². The molecule has 1 aliphatic rings. The van der Waals surface area contributed by atoms with E-state index in [0.29, 0.717) is 48.3 Å². The van der Waals surface area contributed by atoms with E-state index >= 15 is 0 Å². The largest absolute Gasteiger partial charge is 0.493 e. The summed E-state index contributed by atoms with van der Waals surface area (Å²) in [6.45, 7) is 3.57. The van der Waals surface area contributed by atoms with Crippen molar-refractivity contribution in [1.82, 2.24) is 9.88 Å². The number of amides is 1. The van der Waals surface area contributed by atoms with Gasteiger partial charge < -0.3 is 18.9 Å². The smallest absolute Gasteiger partial charge is 0.260 e. The maximum absolute atomic E-state index is 14.3. The van der Waals surface area contributed by atoms with Gasteiger partial charge in [0.25, 0.3) is 5.91 Å². The number of nitrogens with zero attached hydrogens (tertiary/aromatic N) is 3. The number of benzene rings is 2. The molecule has 0 unspecified atom stereocenters. The average Bonchev–Trinajstić information content (AvgIpc) is 3.27. The van der Waals surface area contributed by atoms with Gasteiger partial charge in [0.15, 0.2) is 22.4 Å². The van der Waals surface area contributed by atoms with E-state index in [1.165, 1.54) is 32.3 Å². The summed E-state index contributed by atoms with van der Waals surface area (Å²) < 4.78 is 49.9. The number of thiazole rings is 1. The van der Waals surface area contributed by atoms with Gasteiger partial charge in [0, 0.05) is 37.8 Å². The third-order valence-electron chi connectivity index (χ3n) is 5.53. The topological polar surface area (TPSA) is 73.4 Å². The SMILES string of the molecule is COc1cc(C(=O)N(CCN2CCOCC2)c2nc3c(F)cc(F)cc3s2)cc(OC)c1OC.Cl. The van der Waals surface area contributed by atoms with E-state index in [-0.39, 0.29) is 34.5 Å². The minimum atomic E-state index is -0.772. The number of aromatic nitrogens is 1. The monoisotopic (exact) mass is 529 g/mol. The highest BCUT2D eigenvalue weighted by molar-refractivity contribution is 7.22. The fourth-order valence-corrected chi connectivity index (χ4v) is 4.80. The number of methoxy groups -OCH3 is 3. The molecule has 4 rings (SSSR count). The first kappa shape index (κ1) is 26.9. The van der Waals surface area contributed by atoms with Crippen molar-refractivity contribution in [1.29, 1.82) is 0 Å². The Morgan fingerprint density at radius 3 is 2.34 bits per heavy atom. The van der Waals surface area contributed by atoms with Crippen LogP contribution in [0.25, 0.3) is 10.2 Å². The number of carbonyl (C=O) groups excluding carboxylic acids is 1. The molecule has 190 valence electrons. The Balaban J connectivity index is 0.00000342. The molecule has 35 heavy (non-hydrogen) atoms. The third-order valence-corrected chi connectivity index (χ3v) is 6.56. The standard InChI is InChI=1S/C23H25F2N3O5S.ClH/c1-30-17-10-14(11-18(31-2)21(17)32-3)22(29)28(5-4-27-6-8-33-9-7-27)23-26-20-16(25)12-15(24)13-19(20)34-23;/h10-13H,4-9H2,1-3H3;1H. The molecule has 0 radical (unpaired) electrons. The van der Waals surface area contributed by atoms with E-state index in [4.69, 9.17) is 18.9 Å². The summed E-state index contributed by atoms with van der Waals surface area (Å²) in [5.74, 6) is -0.834. The van der Waals surface area contributed by atoms with Gasteiger partial charge in [-0.05, 0) is 18.2 Å². The maximum atomic E-state index is 14.3. The molecular formula is C23H26ClF2N3O5S. The Morgan fingerprint density at radius 2 is 1.74 bits per heavy atom. The van der Waals surface area contributed by atoms with Gasteiger partial charge in [-0.1, -0.05) is 11.3 Å². The summed E-state index contributed by atoms with van der Waals surface area (Å²) in [5.41, 5.74) is 0.304. The van der Waals surface area contributed by atoms with Crippen molar-refractivity contribution in [3.63, 3.8) is 0 Å². The maximum Gasteiger partial charge on any atom is 0.260 e. The number of anilines is 1. The van der Waals surface area contributed by atoms with Gasteiger partial charge in [-0.15, -0.1) is 12.4 Å². The molecule has 1 saturated heterocycles. The number of ether oxygens (including phenoxy) is 4. The van der Waals surface area contributed by atoms with Crippen LogP contribution >= 0.6 is 23.7 Å². The molecule has 8 nitrogen and oxygen atoms in total. The van der Waals surface area contributed by atoms with Crippen molar-refractivity contribution < 1.29 is 32.5 Å². The second kappa shape index (κ2) is 11.8. The minimum Gasteiger partial charge on any atom is -0.493 e. The fourth-order valence-electron chi connectivity index (χ4n) is 3.77. The van der Waals surface area contributed by atoms with Crippen molar-refractivity contribution >= 4 is 45.0 Å². The number of rotatable bonds is 8.